The number of hydrogen-bond donors (Lipinski definition) is 3. The maximum Gasteiger partial charge on any atom is 0.490 e. The van der Waals surface area contributed by atoms with Gasteiger partial charge in [-0.15, -0.1) is 0 Å². The highest BCUT2D eigenvalue weighted by molar-refractivity contribution is 6.07. The van der Waals surface area contributed by atoms with Gasteiger partial charge in [-0.3, -0.25) is 14.5 Å². The number of carboxylic acid groups (broad SMARTS) is 1. The second-order valence-corrected chi connectivity index (χ2v) is 11.4. The number of benzene rings is 2. The molecule has 0 radical (unpaired) electrons. The molecule has 2 heterocycles. The number of anilines is 2. The van der Waals surface area contributed by atoms with E-state index in [4.69, 9.17) is 30.1 Å². The molecule has 4 N–H and O–H groups in total. The summed E-state index contributed by atoms with van der Waals surface area (Å²) in [5, 5.41) is 10.5. The van der Waals surface area contributed by atoms with Gasteiger partial charge in [-0.2, -0.15) is 18.2 Å². The number of nitrogens with one attached hydrogen (secondary N) is 1. The van der Waals surface area contributed by atoms with E-state index in [1.807, 2.05) is 29.8 Å². The Morgan fingerprint density at radius 1 is 0.981 bits per heavy atom. The van der Waals surface area contributed by atoms with E-state index < -0.39 is 18.2 Å². The number of amidine groups is 1. The molecular weight excluding hydrogens is 699 g/mol. The summed E-state index contributed by atoms with van der Waals surface area (Å²) in [6.07, 6.45) is -0.0892. The molecule has 284 valence electrons. The lowest BCUT2D eigenvalue weighted by molar-refractivity contribution is -0.192. The van der Waals surface area contributed by atoms with Gasteiger partial charge in [0.25, 0.3) is 5.91 Å². The highest BCUT2D eigenvalue weighted by Gasteiger charge is 2.38. The maximum absolute atomic E-state index is 13.6. The zero-order valence-electron chi connectivity index (χ0n) is 29.6. The van der Waals surface area contributed by atoms with E-state index in [0.29, 0.717) is 35.6 Å². The number of unbranched alkanes of at least 4 members (excludes halogenated alkanes) is 3. The number of aromatic nitrogens is 3. The Labute approximate surface area is 303 Å². The van der Waals surface area contributed by atoms with Crippen LogP contribution < -0.4 is 16.0 Å². The van der Waals surface area contributed by atoms with Crippen LogP contribution in [0.25, 0.3) is 11.0 Å². The molecule has 0 aliphatic rings. The molecule has 0 atom stereocenters. The molecule has 17 heteroatoms. The van der Waals surface area contributed by atoms with Crippen LogP contribution in [0.15, 0.2) is 71.9 Å². The Morgan fingerprint density at radius 3 is 2.30 bits per heavy atom. The van der Waals surface area contributed by atoms with Crippen molar-refractivity contribution in [1.82, 2.24) is 14.5 Å². The number of carbonyl (C=O) groups is 4. The van der Waals surface area contributed by atoms with Crippen LogP contribution in [0.2, 0.25) is 0 Å². The largest absolute Gasteiger partial charge is 0.490 e. The number of nitrogens with zero attached hydrogens (tertiary/aromatic N) is 5. The fourth-order valence-electron chi connectivity index (χ4n) is 4.79. The first kappa shape index (κ1) is 41.4. The molecule has 2 aromatic heterocycles. The van der Waals surface area contributed by atoms with Crippen LogP contribution in [0.3, 0.4) is 0 Å². The van der Waals surface area contributed by atoms with Crippen LogP contribution in [0.4, 0.5) is 29.5 Å². The number of alkyl halides is 3. The molecule has 4 aromatic rings. The number of ether oxygens (including phenoxy) is 2. The Bertz CT molecular complexity index is 1860. The molecule has 0 bridgehead atoms. The molecule has 0 saturated carbocycles. The molecule has 4 rings (SSSR count). The average molecular weight is 742 g/mol. The lowest BCUT2D eigenvalue weighted by Gasteiger charge is -2.21. The van der Waals surface area contributed by atoms with E-state index in [0.717, 1.165) is 42.7 Å². The highest BCUT2D eigenvalue weighted by Crippen LogP contribution is 2.22. The summed E-state index contributed by atoms with van der Waals surface area (Å²) in [4.78, 5) is 60.9. The van der Waals surface area contributed by atoms with Crippen LogP contribution in [-0.2, 0) is 32.7 Å². The number of imidazole rings is 1. The van der Waals surface area contributed by atoms with E-state index >= 15 is 0 Å². The van der Waals surface area contributed by atoms with Crippen molar-refractivity contribution < 1.29 is 46.9 Å². The van der Waals surface area contributed by atoms with Crippen LogP contribution in [0, 0.1) is 0 Å². The quantitative estimate of drug-likeness (QED) is 0.0541. The predicted octanol–water partition coefficient (Wildman–Crippen LogP) is 6.24. The standard InChI is InChI=1S/C34H41N7O5.C2HF3O2/c1-4-6-7-10-21-46-34(44)39-32(35)24-12-15-26(16-13-24)37-23-30-38-27-22-25(14-17-28(27)40(30)3)33(43)41(20-18-31(42)45-5-2)29-11-8-9-19-36-29;3-2(4,5)1(6)7/h8-9,11-17,19,22,37H,4-7,10,18,20-21,23H2,1-3H3,(H2,35,39,44);(H,6,7). The van der Waals surface area contributed by atoms with Gasteiger partial charge in [0.1, 0.15) is 17.5 Å². The Hall–Kier alpha value is -6.00. The molecule has 2 amide bonds. The van der Waals surface area contributed by atoms with Gasteiger partial charge in [0, 0.05) is 36.6 Å². The molecule has 0 unspecified atom stereocenters. The Kier molecular flexibility index (Phi) is 15.7. The number of pyridine rings is 1. The number of nitrogens with two attached hydrogens (primary N) is 1. The second-order valence-electron chi connectivity index (χ2n) is 11.4. The zero-order chi connectivity index (χ0) is 39.0. The minimum absolute atomic E-state index is 0.0455. The molecule has 14 nitrogen and oxygen atoms in total. The number of aryl methyl sites for hydroxylation is 1. The van der Waals surface area contributed by atoms with Crippen molar-refractivity contribution >= 4 is 52.3 Å². The zero-order valence-corrected chi connectivity index (χ0v) is 29.6. The third kappa shape index (κ3) is 12.9. The van der Waals surface area contributed by atoms with Crippen LogP contribution >= 0.6 is 0 Å². The third-order valence-corrected chi connectivity index (χ3v) is 7.55. The van der Waals surface area contributed by atoms with Crippen molar-refractivity contribution in [2.24, 2.45) is 17.8 Å². The van der Waals surface area contributed by atoms with Crippen LogP contribution in [-0.4, -0.2) is 75.4 Å². The smallest absolute Gasteiger partial charge is 0.475 e. The van der Waals surface area contributed by atoms with E-state index in [1.54, 1.807) is 55.6 Å². The number of esters is 1. The summed E-state index contributed by atoms with van der Waals surface area (Å²) in [6.45, 7) is 5.02. The summed E-state index contributed by atoms with van der Waals surface area (Å²) < 4.78 is 43.9. The molecular formula is C36H42F3N7O7. The van der Waals surface area contributed by atoms with Crippen molar-refractivity contribution in [1.29, 1.82) is 0 Å². The van der Waals surface area contributed by atoms with Crippen molar-refractivity contribution in [2.45, 2.75) is 58.7 Å². The summed E-state index contributed by atoms with van der Waals surface area (Å²) in [5.74, 6) is -2.14. The maximum atomic E-state index is 13.6. The van der Waals surface area contributed by atoms with Gasteiger partial charge in [-0.25, -0.2) is 19.6 Å². The number of carboxylic acids is 1. The average Bonchev–Trinajstić information content (AvgIpc) is 3.45. The summed E-state index contributed by atoms with van der Waals surface area (Å²) in [7, 11) is 1.91. The van der Waals surface area contributed by atoms with E-state index in [2.05, 4.69) is 22.2 Å². The molecule has 0 spiro atoms. The van der Waals surface area contributed by atoms with Gasteiger partial charge < -0.3 is 30.2 Å². The number of hydrogen-bond acceptors (Lipinski definition) is 9. The Balaban J connectivity index is 0.000000980. The Morgan fingerprint density at radius 2 is 1.68 bits per heavy atom. The van der Waals surface area contributed by atoms with Gasteiger partial charge in [0.15, 0.2) is 0 Å². The molecule has 0 fully saturated rings. The number of aliphatic carboxylic acids is 1. The SMILES string of the molecule is CCCCCCOC(=O)/N=C(/N)c1ccc(NCc2nc3cc(C(=O)N(CCC(=O)OCC)c4ccccn4)ccc3n2C)cc1.O=C(O)C(F)(F)F. The summed E-state index contributed by atoms with van der Waals surface area (Å²) in [6, 6.07) is 17.9. The molecule has 53 heavy (non-hydrogen) atoms. The van der Waals surface area contributed by atoms with Gasteiger partial charge >= 0.3 is 24.2 Å². The lowest BCUT2D eigenvalue weighted by atomic mass is 10.1. The normalized spacial score (nSPS) is 11.3. The number of carbonyl (C=O) groups excluding carboxylic acids is 3. The fourth-order valence-corrected chi connectivity index (χ4v) is 4.79. The fraction of sp³-hybridized carbons (Fsp3) is 0.361. The number of fused-ring (bicyclic) bond motifs is 1. The predicted molar refractivity (Wildman–Crippen MR) is 192 cm³/mol. The van der Waals surface area contributed by atoms with Gasteiger partial charge in [-0.05, 0) is 67.9 Å². The van der Waals surface area contributed by atoms with Gasteiger partial charge in [-0.1, -0.05) is 32.3 Å². The minimum atomic E-state index is -5.08. The summed E-state index contributed by atoms with van der Waals surface area (Å²) in [5.41, 5.74) is 9.40. The first-order chi connectivity index (χ1) is 25.2. The first-order valence-corrected chi connectivity index (χ1v) is 16.7. The number of halogens is 3. The van der Waals surface area contributed by atoms with Crippen LogP contribution in [0.5, 0.6) is 0 Å². The van der Waals surface area contributed by atoms with Crippen LogP contribution in [0.1, 0.15) is 67.7 Å². The number of amides is 2. The topological polar surface area (TPSA) is 191 Å². The van der Waals surface area contributed by atoms with E-state index in [-0.39, 0.29) is 37.3 Å². The number of aliphatic imine (C=N–C) groups is 1. The van der Waals surface area contributed by atoms with Crippen molar-refractivity contribution in [3.63, 3.8) is 0 Å². The third-order valence-electron chi connectivity index (χ3n) is 7.55. The van der Waals surface area contributed by atoms with Gasteiger partial charge in [0.05, 0.1) is 37.2 Å². The molecule has 0 aliphatic carbocycles. The van der Waals surface area contributed by atoms with Crippen molar-refractivity contribution in [3.05, 3.63) is 83.8 Å². The lowest BCUT2D eigenvalue weighted by Crippen LogP contribution is -2.34. The molecule has 0 aliphatic heterocycles. The van der Waals surface area contributed by atoms with Crippen molar-refractivity contribution in [3.8, 4) is 0 Å². The second kappa shape index (κ2) is 20.1. The highest BCUT2D eigenvalue weighted by atomic mass is 19.4. The monoisotopic (exact) mass is 741 g/mol. The summed E-state index contributed by atoms with van der Waals surface area (Å²) >= 11 is 0. The van der Waals surface area contributed by atoms with E-state index in [1.165, 1.54) is 4.90 Å². The molecule has 2 aromatic carbocycles. The molecule has 0 saturated heterocycles. The van der Waals surface area contributed by atoms with E-state index in [9.17, 15) is 27.6 Å². The van der Waals surface area contributed by atoms with Gasteiger partial charge in [0.2, 0.25) is 0 Å². The van der Waals surface area contributed by atoms with Crippen molar-refractivity contribution in [2.75, 3.05) is 30.0 Å². The minimum Gasteiger partial charge on any atom is -0.475 e. The first-order valence-electron chi connectivity index (χ1n) is 16.7. The number of rotatable bonds is 15.